The van der Waals surface area contributed by atoms with Crippen LogP contribution in [0, 0.1) is 20.8 Å². The second-order valence-electron chi connectivity index (χ2n) is 5.68. The van der Waals surface area contributed by atoms with Gasteiger partial charge in [-0.3, -0.25) is 0 Å². The molecule has 0 aliphatic rings. The highest BCUT2D eigenvalue weighted by Gasteiger charge is 2.16. The van der Waals surface area contributed by atoms with Crippen molar-refractivity contribution in [3.8, 4) is 11.3 Å². The average Bonchev–Trinajstić information content (AvgIpc) is 2.31. The van der Waals surface area contributed by atoms with Crippen molar-refractivity contribution in [2.45, 2.75) is 40.5 Å². The monoisotopic (exact) mass is 255 g/mol. The molecular weight excluding hydrogens is 230 g/mol. The molecule has 1 heteroatoms. The fraction of sp³-hybridized carbons (Fsp3) is 0.389. The lowest BCUT2D eigenvalue weighted by molar-refractivity contribution is -0.660. The third kappa shape index (κ3) is 2.70. The van der Waals surface area contributed by atoms with Gasteiger partial charge in [-0.2, -0.15) is 0 Å². The van der Waals surface area contributed by atoms with Gasteiger partial charge >= 0.3 is 0 Å². The van der Waals surface area contributed by atoms with E-state index < -0.39 is 5.89 Å². The summed E-state index contributed by atoms with van der Waals surface area (Å²) in [5.74, 6) is -0.567. The third-order valence-corrected chi connectivity index (χ3v) is 3.68. The Morgan fingerprint density at radius 2 is 1.74 bits per heavy atom. The largest absolute Gasteiger partial charge is 0.212 e. The molecule has 0 spiro atoms. The Morgan fingerprint density at radius 3 is 2.32 bits per heavy atom. The van der Waals surface area contributed by atoms with Gasteiger partial charge in [0.15, 0.2) is 6.20 Å². The molecule has 0 aliphatic carbocycles. The standard InChI is InChI=1S/C18H24N/c1-12(2)17-11-19(6)18(10-15(17)5)16-8-7-13(3)9-14(16)4/h7-12H,1-6H3/q+1/i12D. The Hall–Kier alpha value is -1.63. The minimum atomic E-state index is -0.567. The fourth-order valence-electron chi connectivity index (χ4n) is 2.64. The number of hydrogen-bond acceptors (Lipinski definition) is 0. The van der Waals surface area contributed by atoms with E-state index in [0.717, 1.165) is 5.56 Å². The molecule has 0 saturated heterocycles. The predicted molar refractivity (Wildman–Crippen MR) is 81.4 cm³/mol. The minimum Gasteiger partial charge on any atom is -0.201 e. The van der Waals surface area contributed by atoms with E-state index >= 15 is 0 Å². The molecule has 0 radical (unpaired) electrons. The van der Waals surface area contributed by atoms with Crippen molar-refractivity contribution in [1.82, 2.24) is 0 Å². The van der Waals surface area contributed by atoms with Crippen molar-refractivity contribution < 1.29 is 5.94 Å². The molecule has 0 N–H and O–H groups in total. The number of hydrogen-bond donors (Lipinski definition) is 0. The second kappa shape index (κ2) is 5.16. The number of nitrogens with zero attached hydrogens (tertiary/aromatic N) is 1. The van der Waals surface area contributed by atoms with Gasteiger partial charge in [-0.05, 0) is 43.9 Å². The average molecular weight is 255 g/mol. The number of aryl methyl sites for hydroxylation is 4. The van der Waals surface area contributed by atoms with Gasteiger partial charge in [0.05, 0.1) is 0 Å². The van der Waals surface area contributed by atoms with Crippen LogP contribution >= 0.6 is 0 Å². The normalized spacial score (nSPS) is 12.4. The van der Waals surface area contributed by atoms with Gasteiger partial charge in [0.1, 0.15) is 7.05 Å². The Morgan fingerprint density at radius 1 is 1.05 bits per heavy atom. The Balaban J connectivity index is 2.62. The maximum Gasteiger partial charge on any atom is 0.212 e. The van der Waals surface area contributed by atoms with E-state index in [4.69, 9.17) is 1.37 Å². The van der Waals surface area contributed by atoms with Crippen molar-refractivity contribution in [3.05, 3.63) is 52.7 Å². The van der Waals surface area contributed by atoms with Gasteiger partial charge < -0.3 is 0 Å². The van der Waals surface area contributed by atoms with Gasteiger partial charge in [0, 0.05) is 18.6 Å². The summed E-state index contributed by atoms with van der Waals surface area (Å²) in [6, 6.07) is 8.75. The van der Waals surface area contributed by atoms with Gasteiger partial charge in [0.25, 0.3) is 0 Å². The summed E-state index contributed by atoms with van der Waals surface area (Å²) in [5.41, 5.74) is 7.29. The zero-order chi connectivity index (χ0) is 15.1. The molecule has 1 heterocycles. The molecule has 0 amide bonds. The summed E-state index contributed by atoms with van der Waals surface area (Å²) < 4.78 is 10.4. The van der Waals surface area contributed by atoms with Gasteiger partial charge in [-0.15, -0.1) is 0 Å². The van der Waals surface area contributed by atoms with Gasteiger partial charge in [0.2, 0.25) is 5.69 Å². The van der Waals surface area contributed by atoms with E-state index in [-0.39, 0.29) is 0 Å². The molecule has 0 unspecified atom stereocenters. The summed E-state index contributed by atoms with van der Waals surface area (Å²) in [5, 5.41) is 0. The highest BCUT2D eigenvalue weighted by atomic mass is 14.9. The summed E-state index contributed by atoms with van der Waals surface area (Å²) in [7, 11) is 2.06. The first kappa shape index (κ1) is 12.4. The molecule has 1 nitrogen and oxygen atoms in total. The molecule has 1 aromatic heterocycles. The van der Waals surface area contributed by atoms with E-state index in [1.807, 2.05) is 13.8 Å². The molecule has 2 aromatic rings. The lowest BCUT2D eigenvalue weighted by atomic mass is 9.96. The highest BCUT2D eigenvalue weighted by Crippen LogP contribution is 2.25. The maximum atomic E-state index is 8.24. The topological polar surface area (TPSA) is 3.88 Å². The lowest BCUT2D eigenvalue weighted by Gasteiger charge is -2.11. The SMILES string of the molecule is [2H]C(C)(C)c1c[n+](C)c(-c2ccc(C)cc2C)cc1C. The van der Waals surface area contributed by atoms with Crippen LogP contribution in [-0.4, -0.2) is 0 Å². The number of benzene rings is 1. The van der Waals surface area contributed by atoms with Crippen LogP contribution in [0.1, 0.15) is 43.4 Å². The Bertz CT molecular complexity index is 651. The van der Waals surface area contributed by atoms with Crippen molar-refractivity contribution in [2.75, 3.05) is 0 Å². The molecule has 0 atom stereocenters. The first-order valence-electron chi connectivity index (χ1n) is 7.28. The lowest BCUT2D eigenvalue weighted by Crippen LogP contribution is -2.32. The zero-order valence-corrected chi connectivity index (χ0v) is 12.8. The van der Waals surface area contributed by atoms with Gasteiger partial charge in [-0.25, -0.2) is 4.57 Å². The van der Waals surface area contributed by atoms with E-state index in [9.17, 15) is 0 Å². The molecule has 2 rings (SSSR count). The molecular formula is C18H24N+. The van der Waals surface area contributed by atoms with E-state index in [2.05, 4.69) is 62.8 Å². The van der Waals surface area contributed by atoms with E-state index in [1.165, 1.54) is 27.9 Å². The first-order chi connectivity index (χ1) is 9.20. The molecule has 19 heavy (non-hydrogen) atoms. The minimum absolute atomic E-state index is 0.567. The third-order valence-electron chi connectivity index (χ3n) is 3.68. The summed E-state index contributed by atoms with van der Waals surface area (Å²) in [4.78, 5) is 0. The number of rotatable bonds is 2. The highest BCUT2D eigenvalue weighted by molar-refractivity contribution is 5.62. The number of pyridine rings is 1. The van der Waals surface area contributed by atoms with Crippen molar-refractivity contribution in [1.29, 1.82) is 0 Å². The van der Waals surface area contributed by atoms with Crippen molar-refractivity contribution >= 4 is 0 Å². The molecule has 0 bridgehead atoms. The van der Waals surface area contributed by atoms with Crippen LogP contribution in [0.15, 0.2) is 30.5 Å². The first-order valence-corrected chi connectivity index (χ1v) is 6.78. The summed E-state index contributed by atoms with van der Waals surface area (Å²) in [6.07, 6.45) is 2.09. The molecule has 1 aromatic carbocycles. The quantitative estimate of drug-likeness (QED) is 0.707. The van der Waals surface area contributed by atoms with Crippen molar-refractivity contribution in [2.24, 2.45) is 7.05 Å². The van der Waals surface area contributed by atoms with Crippen LogP contribution in [0.25, 0.3) is 11.3 Å². The number of aromatic nitrogens is 1. The van der Waals surface area contributed by atoms with E-state index in [1.54, 1.807) is 0 Å². The molecule has 0 fully saturated rings. The fourth-order valence-corrected chi connectivity index (χ4v) is 2.64. The van der Waals surface area contributed by atoms with Crippen LogP contribution in [-0.2, 0) is 7.05 Å². The van der Waals surface area contributed by atoms with Crippen LogP contribution < -0.4 is 4.57 Å². The van der Waals surface area contributed by atoms with Crippen LogP contribution in [0.4, 0.5) is 0 Å². The Kier molecular flexibility index (Phi) is 3.37. The zero-order valence-electron chi connectivity index (χ0n) is 13.8. The van der Waals surface area contributed by atoms with Crippen LogP contribution in [0.3, 0.4) is 0 Å². The van der Waals surface area contributed by atoms with Gasteiger partial charge in [-0.1, -0.05) is 31.5 Å². The smallest absolute Gasteiger partial charge is 0.201 e. The Labute approximate surface area is 118 Å². The summed E-state index contributed by atoms with van der Waals surface area (Å²) in [6.45, 7) is 10.2. The maximum absolute atomic E-state index is 8.24. The van der Waals surface area contributed by atoms with E-state index in [0.29, 0.717) is 0 Å². The molecule has 0 aliphatic heterocycles. The second-order valence-corrected chi connectivity index (χ2v) is 5.68. The summed E-state index contributed by atoms with van der Waals surface area (Å²) >= 11 is 0. The van der Waals surface area contributed by atoms with Crippen LogP contribution in [0.2, 0.25) is 0 Å². The molecule has 100 valence electrons. The predicted octanol–water partition coefficient (Wildman–Crippen LogP) is 4.23. The van der Waals surface area contributed by atoms with Crippen molar-refractivity contribution in [3.63, 3.8) is 0 Å². The molecule has 0 saturated carbocycles. The van der Waals surface area contributed by atoms with Crippen LogP contribution in [0.5, 0.6) is 0 Å².